The summed E-state index contributed by atoms with van der Waals surface area (Å²) >= 11 is 0. The van der Waals surface area contributed by atoms with Crippen LogP contribution < -0.4 is 0 Å². The molecule has 1 aliphatic rings. The second-order valence-corrected chi connectivity index (χ2v) is 8.06. The van der Waals surface area contributed by atoms with E-state index < -0.39 is 10.0 Å². The Labute approximate surface area is 139 Å². The van der Waals surface area contributed by atoms with E-state index in [2.05, 4.69) is 19.9 Å². The van der Waals surface area contributed by atoms with Crippen LogP contribution in [0, 0.1) is 11.3 Å². The Morgan fingerprint density at radius 3 is 2.17 bits per heavy atom. The highest BCUT2D eigenvalue weighted by Gasteiger charge is 2.29. The molecule has 0 spiro atoms. The van der Waals surface area contributed by atoms with Crippen LogP contribution in [0.1, 0.15) is 38.7 Å². The van der Waals surface area contributed by atoms with E-state index in [0.717, 1.165) is 6.42 Å². The van der Waals surface area contributed by atoms with Gasteiger partial charge in [-0.1, -0.05) is 26.0 Å². The monoisotopic (exact) mass is 335 g/mol. The van der Waals surface area contributed by atoms with Crippen molar-refractivity contribution in [2.45, 2.75) is 44.0 Å². The van der Waals surface area contributed by atoms with Crippen LogP contribution in [0.5, 0.6) is 0 Å². The first-order valence-corrected chi connectivity index (χ1v) is 9.58. The van der Waals surface area contributed by atoms with Crippen molar-refractivity contribution in [3.63, 3.8) is 0 Å². The van der Waals surface area contributed by atoms with Gasteiger partial charge in [-0.2, -0.15) is 9.57 Å². The first-order valence-electron chi connectivity index (χ1n) is 8.14. The summed E-state index contributed by atoms with van der Waals surface area (Å²) < 4.78 is 27.0. The van der Waals surface area contributed by atoms with E-state index in [9.17, 15) is 8.42 Å². The van der Waals surface area contributed by atoms with Gasteiger partial charge >= 0.3 is 0 Å². The maximum atomic E-state index is 12.7. The summed E-state index contributed by atoms with van der Waals surface area (Å²) in [5.74, 6) is 0.433. The lowest BCUT2D eigenvalue weighted by Gasteiger charge is -2.35. The van der Waals surface area contributed by atoms with Crippen LogP contribution in [0.4, 0.5) is 0 Å². The summed E-state index contributed by atoms with van der Waals surface area (Å²) in [6, 6.07) is 9.27. The van der Waals surface area contributed by atoms with Crippen molar-refractivity contribution in [1.82, 2.24) is 9.21 Å². The predicted molar refractivity (Wildman–Crippen MR) is 90.6 cm³/mol. The molecule has 1 saturated heterocycles. The van der Waals surface area contributed by atoms with Crippen LogP contribution in [0.15, 0.2) is 29.2 Å². The van der Waals surface area contributed by atoms with E-state index in [1.165, 1.54) is 9.87 Å². The zero-order valence-electron chi connectivity index (χ0n) is 14.1. The van der Waals surface area contributed by atoms with Gasteiger partial charge in [-0.25, -0.2) is 8.42 Å². The molecule has 126 valence electrons. The summed E-state index contributed by atoms with van der Waals surface area (Å²) in [5.41, 5.74) is 1.17. The number of benzene rings is 1. The molecule has 1 aromatic carbocycles. The van der Waals surface area contributed by atoms with Gasteiger partial charge in [0.05, 0.1) is 17.0 Å². The van der Waals surface area contributed by atoms with Gasteiger partial charge in [0.15, 0.2) is 0 Å². The van der Waals surface area contributed by atoms with Crippen LogP contribution >= 0.6 is 0 Å². The molecule has 0 radical (unpaired) electrons. The lowest BCUT2D eigenvalue weighted by molar-refractivity contribution is 0.169. The molecule has 6 heteroatoms. The van der Waals surface area contributed by atoms with Crippen molar-refractivity contribution in [3.05, 3.63) is 29.8 Å². The van der Waals surface area contributed by atoms with E-state index in [0.29, 0.717) is 37.0 Å². The quantitative estimate of drug-likeness (QED) is 0.829. The molecule has 1 aromatic rings. The molecule has 1 heterocycles. The van der Waals surface area contributed by atoms with E-state index in [4.69, 9.17) is 5.26 Å². The van der Waals surface area contributed by atoms with Crippen LogP contribution in [0.2, 0.25) is 0 Å². The highest BCUT2D eigenvalue weighted by Crippen LogP contribution is 2.23. The van der Waals surface area contributed by atoms with E-state index >= 15 is 0 Å². The third-order valence-corrected chi connectivity index (χ3v) is 6.62. The number of piperazine rings is 1. The Morgan fingerprint density at radius 1 is 1.13 bits per heavy atom. The van der Waals surface area contributed by atoms with Crippen molar-refractivity contribution in [1.29, 1.82) is 5.26 Å². The lowest BCUT2D eigenvalue weighted by atomic mass is 9.99. The van der Waals surface area contributed by atoms with E-state index in [1.807, 2.05) is 24.0 Å². The lowest BCUT2D eigenvalue weighted by Crippen LogP contribution is -2.50. The number of hydrogen-bond donors (Lipinski definition) is 0. The first-order chi connectivity index (χ1) is 10.9. The molecule has 0 aromatic heterocycles. The maximum Gasteiger partial charge on any atom is 0.243 e. The predicted octanol–water partition coefficient (Wildman–Crippen LogP) is 2.42. The van der Waals surface area contributed by atoms with E-state index in [-0.39, 0.29) is 6.04 Å². The molecule has 2 rings (SSSR count). The maximum absolute atomic E-state index is 12.7. The zero-order valence-corrected chi connectivity index (χ0v) is 14.9. The Kier molecular flexibility index (Phi) is 5.79. The molecule has 0 saturated carbocycles. The minimum absolute atomic E-state index is 0.172. The van der Waals surface area contributed by atoms with Crippen LogP contribution in [0.25, 0.3) is 0 Å². The molecule has 1 aliphatic heterocycles. The summed E-state index contributed by atoms with van der Waals surface area (Å²) in [4.78, 5) is 2.37. The fourth-order valence-electron chi connectivity index (χ4n) is 2.77. The van der Waals surface area contributed by atoms with Crippen LogP contribution in [0.3, 0.4) is 0 Å². The van der Waals surface area contributed by atoms with Gasteiger partial charge in [0.2, 0.25) is 10.0 Å². The van der Waals surface area contributed by atoms with Crippen molar-refractivity contribution < 1.29 is 8.42 Å². The molecule has 23 heavy (non-hydrogen) atoms. The van der Waals surface area contributed by atoms with Crippen LogP contribution in [-0.2, 0) is 10.0 Å². The summed E-state index contributed by atoms with van der Waals surface area (Å²) in [7, 11) is -3.44. The second-order valence-electron chi connectivity index (χ2n) is 6.12. The number of hydrogen-bond acceptors (Lipinski definition) is 4. The molecule has 0 amide bonds. The average Bonchev–Trinajstić information content (AvgIpc) is 2.60. The van der Waals surface area contributed by atoms with Gasteiger partial charge in [0.1, 0.15) is 0 Å². The largest absolute Gasteiger partial charge is 0.286 e. The number of rotatable bonds is 5. The van der Waals surface area contributed by atoms with Gasteiger partial charge in [0, 0.05) is 26.2 Å². The molecule has 0 N–H and O–H groups in total. The molecule has 1 fully saturated rings. The molecule has 0 aliphatic carbocycles. The molecular weight excluding hydrogens is 310 g/mol. The third kappa shape index (κ3) is 3.92. The standard InChI is InChI=1S/C17H25N3O2S/c1-4-14(2)16-5-7-17(8-6-16)23(21,22)20-11-9-19(10-12-20)15(3)13-18/h5-8,14-15H,4,9-12H2,1-3H3/t14-,15+/m0/s1. The van der Waals surface area contributed by atoms with Gasteiger partial charge < -0.3 is 0 Å². The number of sulfonamides is 1. The molecule has 0 unspecified atom stereocenters. The first kappa shape index (κ1) is 17.9. The minimum atomic E-state index is -3.44. The normalized spacial score (nSPS) is 19.9. The van der Waals surface area contributed by atoms with Crippen LogP contribution in [-0.4, -0.2) is 49.8 Å². The zero-order chi connectivity index (χ0) is 17.0. The summed E-state index contributed by atoms with van der Waals surface area (Å²) in [6.45, 7) is 8.16. The molecule has 5 nitrogen and oxygen atoms in total. The Bertz CT molecular complexity index is 656. The van der Waals surface area contributed by atoms with Gasteiger partial charge in [-0.3, -0.25) is 4.90 Å². The topological polar surface area (TPSA) is 64.4 Å². The smallest absolute Gasteiger partial charge is 0.243 e. The number of nitrogens with zero attached hydrogens (tertiary/aromatic N) is 3. The minimum Gasteiger partial charge on any atom is -0.286 e. The van der Waals surface area contributed by atoms with Gasteiger partial charge in [-0.15, -0.1) is 0 Å². The Balaban J connectivity index is 2.09. The van der Waals surface area contributed by atoms with Gasteiger partial charge in [-0.05, 0) is 37.0 Å². The SMILES string of the molecule is CC[C@H](C)c1ccc(S(=O)(=O)N2CCN([C@H](C)C#N)CC2)cc1. The second kappa shape index (κ2) is 7.43. The molecular formula is C17H25N3O2S. The third-order valence-electron chi connectivity index (χ3n) is 4.71. The Hall–Kier alpha value is -1.42. The van der Waals surface area contributed by atoms with Crippen molar-refractivity contribution in [2.75, 3.05) is 26.2 Å². The van der Waals surface area contributed by atoms with Crippen molar-refractivity contribution in [3.8, 4) is 6.07 Å². The number of nitriles is 1. The van der Waals surface area contributed by atoms with Crippen molar-refractivity contribution in [2.24, 2.45) is 0 Å². The fourth-order valence-corrected chi connectivity index (χ4v) is 4.19. The van der Waals surface area contributed by atoms with E-state index in [1.54, 1.807) is 12.1 Å². The highest BCUT2D eigenvalue weighted by atomic mass is 32.2. The Morgan fingerprint density at radius 2 is 1.70 bits per heavy atom. The van der Waals surface area contributed by atoms with Crippen molar-refractivity contribution >= 4 is 10.0 Å². The summed E-state index contributed by atoms with van der Waals surface area (Å²) in [5, 5.41) is 8.96. The fraction of sp³-hybridized carbons (Fsp3) is 0.588. The average molecular weight is 335 g/mol. The summed E-state index contributed by atoms with van der Waals surface area (Å²) in [6.07, 6.45) is 1.03. The molecule has 2 atom stereocenters. The highest BCUT2D eigenvalue weighted by molar-refractivity contribution is 7.89. The molecule has 0 bridgehead atoms. The van der Waals surface area contributed by atoms with Gasteiger partial charge in [0.25, 0.3) is 0 Å².